The van der Waals surface area contributed by atoms with Gasteiger partial charge < -0.3 is 20.3 Å². The second-order valence-corrected chi connectivity index (χ2v) is 11.6. The van der Waals surface area contributed by atoms with E-state index in [0.717, 1.165) is 24.3 Å². The number of halogens is 6. The Morgan fingerprint density at radius 2 is 0.872 bits per heavy atom. The summed E-state index contributed by atoms with van der Waals surface area (Å²) < 4.78 is 99.6. The summed E-state index contributed by atoms with van der Waals surface area (Å²) >= 11 is 0. The van der Waals surface area contributed by atoms with Crippen LogP contribution in [-0.2, 0) is 5.41 Å². The van der Waals surface area contributed by atoms with E-state index in [2.05, 4.69) is 0 Å². The van der Waals surface area contributed by atoms with Crippen LogP contribution in [0.4, 0.5) is 37.7 Å². The normalized spacial score (nSPS) is 12.9. The number of nitrogen functional groups attached to an aromatic ring is 2. The van der Waals surface area contributed by atoms with Crippen LogP contribution in [0.15, 0.2) is 97.1 Å². The van der Waals surface area contributed by atoms with Crippen molar-refractivity contribution in [1.29, 1.82) is 0 Å². The van der Waals surface area contributed by atoms with E-state index in [1.54, 1.807) is 48.5 Å². The fraction of sp³-hybridized carbons (Fsp3) is 0.111. The molecule has 0 amide bonds. The molecule has 4 nitrogen and oxygen atoms in total. The molecule has 4 rings (SSSR count). The second-order valence-electron chi connectivity index (χ2n) is 8.86. The summed E-state index contributed by atoms with van der Waals surface area (Å²) in [7, 11) is -3.43. The van der Waals surface area contributed by atoms with Crippen molar-refractivity contribution in [3.63, 3.8) is 0 Å². The van der Waals surface area contributed by atoms with Gasteiger partial charge >= 0.3 is 12.4 Å². The molecular weight excluding hydrogens is 554 g/mol. The Balaban J connectivity index is 1.72. The third-order valence-corrected chi connectivity index (χ3v) is 8.64. The van der Waals surface area contributed by atoms with Crippen molar-refractivity contribution in [2.45, 2.75) is 17.8 Å². The van der Waals surface area contributed by atoms with Crippen LogP contribution < -0.4 is 30.7 Å². The molecule has 0 aliphatic carbocycles. The Bertz CT molecular complexity index is 1300. The summed E-state index contributed by atoms with van der Waals surface area (Å²) in [5.74, 6) is 0.857. The fourth-order valence-electron chi connectivity index (χ4n) is 4.23. The first-order valence-corrected chi connectivity index (χ1v) is 14.3. The highest BCUT2D eigenvalue weighted by Gasteiger charge is 2.72. The minimum atomic E-state index is -5.69. The highest BCUT2D eigenvalue weighted by molar-refractivity contribution is 6.48. The number of anilines is 2. The molecule has 39 heavy (non-hydrogen) atoms. The van der Waals surface area contributed by atoms with E-state index in [1.165, 1.54) is 24.3 Å². The van der Waals surface area contributed by atoms with Gasteiger partial charge in [-0.25, -0.2) is 0 Å². The molecule has 0 unspecified atom stereocenters. The smallest absolute Gasteiger partial charge is 0.411 e. The van der Waals surface area contributed by atoms with Crippen molar-refractivity contribution in [3.05, 3.63) is 108 Å². The monoisotopic (exact) mass is 578 g/mol. The minimum absolute atomic E-state index is 0.277. The van der Waals surface area contributed by atoms with Crippen LogP contribution in [0.25, 0.3) is 0 Å². The van der Waals surface area contributed by atoms with Gasteiger partial charge in [-0.3, -0.25) is 0 Å². The van der Waals surface area contributed by atoms with Crippen LogP contribution in [0.2, 0.25) is 0 Å². The Hall–Kier alpha value is -3.91. The molecule has 0 heterocycles. The van der Waals surface area contributed by atoms with Gasteiger partial charge in [0.2, 0.25) is 5.41 Å². The number of alkyl halides is 6. The lowest BCUT2D eigenvalue weighted by atomic mass is 9.73. The number of benzene rings is 4. The van der Waals surface area contributed by atoms with Crippen molar-refractivity contribution in [1.82, 2.24) is 0 Å². The van der Waals surface area contributed by atoms with Crippen molar-refractivity contribution < 1.29 is 35.2 Å². The topological polar surface area (TPSA) is 70.5 Å². The van der Waals surface area contributed by atoms with Gasteiger partial charge in [-0.15, -0.1) is 0 Å². The average molecular weight is 579 g/mol. The van der Waals surface area contributed by atoms with Crippen LogP contribution in [0, 0.1) is 0 Å². The van der Waals surface area contributed by atoms with Gasteiger partial charge in [-0.1, -0.05) is 48.5 Å². The van der Waals surface area contributed by atoms with Crippen LogP contribution in [0.1, 0.15) is 11.1 Å². The maximum Gasteiger partial charge on any atom is 0.411 e. The molecule has 0 fully saturated rings. The number of hydrogen-bond donors (Lipinski definition) is 2. The van der Waals surface area contributed by atoms with E-state index in [-0.39, 0.29) is 10.4 Å². The van der Waals surface area contributed by atoms with E-state index in [9.17, 15) is 26.3 Å². The zero-order valence-corrected chi connectivity index (χ0v) is 23.2. The largest absolute Gasteiger partial charge is 0.545 e. The summed E-state index contributed by atoms with van der Waals surface area (Å²) in [6.07, 6.45) is -11.4. The molecule has 0 aliphatic rings. The number of nitrogens with two attached hydrogens (primary N) is 2. The predicted molar refractivity (Wildman–Crippen MR) is 145 cm³/mol. The fourth-order valence-corrected chi connectivity index (χ4v) is 6.35. The SMILES string of the molecule is Nc1ccc(O[SiH2]c2cccc(C(c3cccc([SiH2]Oc4ccc(N)cc4)c3)(C(F)(F)F)C(F)(F)F)c2)cc1. The zero-order valence-electron chi connectivity index (χ0n) is 20.4. The lowest BCUT2D eigenvalue weighted by Crippen LogP contribution is -2.55. The molecule has 4 aromatic carbocycles. The predicted octanol–water partition coefficient (Wildman–Crippen LogP) is 3.84. The van der Waals surface area contributed by atoms with E-state index in [0.29, 0.717) is 22.9 Å². The van der Waals surface area contributed by atoms with Crippen molar-refractivity contribution in [2.75, 3.05) is 11.5 Å². The summed E-state index contributed by atoms with van der Waals surface area (Å²) in [4.78, 5) is 0. The van der Waals surface area contributed by atoms with Crippen LogP contribution in [-0.4, -0.2) is 31.9 Å². The molecule has 12 heteroatoms. The van der Waals surface area contributed by atoms with Crippen LogP contribution >= 0.6 is 0 Å². The first-order chi connectivity index (χ1) is 18.4. The molecular formula is C27H24F6N2O2Si2. The van der Waals surface area contributed by atoms with Gasteiger partial charge in [0.25, 0.3) is 19.5 Å². The van der Waals surface area contributed by atoms with E-state index in [1.807, 2.05) is 0 Å². The van der Waals surface area contributed by atoms with Gasteiger partial charge in [-0.2, -0.15) is 26.3 Å². The lowest BCUT2D eigenvalue weighted by Gasteiger charge is -2.38. The third-order valence-electron chi connectivity index (χ3n) is 6.14. The quantitative estimate of drug-likeness (QED) is 0.190. The van der Waals surface area contributed by atoms with Gasteiger partial charge in [0, 0.05) is 11.4 Å². The summed E-state index contributed by atoms with van der Waals surface area (Å²) in [5, 5.41) is 0.554. The molecule has 0 aliphatic heterocycles. The first-order valence-electron chi connectivity index (χ1n) is 11.7. The maximum absolute atomic E-state index is 14.7. The first kappa shape index (κ1) is 28.1. The molecule has 0 bridgehead atoms. The van der Waals surface area contributed by atoms with Crippen molar-refractivity contribution in [2.24, 2.45) is 0 Å². The molecule has 0 spiro atoms. The Morgan fingerprint density at radius 1 is 0.513 bits per heavy atom. The van der Waals surface area contributed by atoms with Gasteiger partial charge in [0.05, 0.1) is 0 Å². The number of hydrogen-bond acceptors (Lipinski definition) is 4. The van der Waals surface area contributed by atoms with Gasteiger partial charge in [0.15, 0.2) is 0 Å². The molecule has 0 atom stereocenters. The molecule has 4 N–H and O–H groups in total. The third kappa shape index (κ3) is 6.06. The van der Waals surface area contributed by atoms with Crippen LogP contribution in [0.3, 0.4) is 0 Å². The van der Waals surface area contributed by atoms with E-state index < -0.39 is 48.4 Å². The lowest BCUT2D eigenvalue weighted by molar-refractivity contribution is -0.288. The molecule has 4 aromatic rings. The molecule has 0 aromatic heterocycles. The van der Waals surface area contributed by atoms with Crippen molar-refractivity contribution >= 4 is 41.3 Å². The highest BCUT2D eigenvalue weighted by atomic mass is 28.2. The highest BCUT2D eigenvalue weighted by Crippen LogP contribution is 2.55. The standard InChI is InChI=1S/C27H24F6N2O2Si2/c28-26(29,30)25(27(31,32)33,17-3-1-5-23(15-17)38-36-21-11-7-19(34)8-12-21)18-4-2-6-24(16-18)39-37-22-13-9-20(35)10-14-22/h1-16H,34-35,38-39H2. The van der Waals surface area contributed by atoms with Crippen molar-refractivity contribution in [3.8, 4) is 11.5 Å². The van der Waals surface area contributed by atoms with E-state index >= 15 is 0 Å². The summed E-state index contributed by atoms with van der Waals surface area (Å²) in [6, 6.07) is 21.6. The summed E-state index contributed by atoms with van der Waals surface area (Å²) in [6.45, 7) is 0. The Morgan fingerprint density at radius 3 is 1.21 bits per heavy atom. The van der Waals surface area contributed by atoms with Gasteiger partial charge in [-0.05, 0) is 70.0 Å². The Labute approximate surface area is 225 Å². The zero-order chi connectivity index (χ0) is 28.3. The molecule has 0 saturated heterocycles. The second kappa shape index (κ2) is 11.1. The number of rotatable bonds is 8. The average Bonchev–Trinajstić information content (AvgIpc) is 2.87. The minimum Gasteiger partial charge on any atom is -0.545 e. The van der Waals surface area contributed by atoms with E-state index in [4.69, 9.17) is 20.3 Å². The molecule has 204 valence electrons. The summed E-state index contributed by atoms with van der Waals surface area (Å²) in [5.41, 5.74) is 6.16. The Kier molecular flexibility index (Phi) is 7.97. The molecule has 0 saturated carbocycles. The molecule has 0 radical (unpaired) electrons. The maximum atomic E-state index is 14.7. The van der Waals surface area contributed by atoms with Gasteiger partial charge in [0.1, 0.15) is 11.5 Å². The van der Waals surface area contributed by atoms with Crippen LogP contribution in [0.5, 0.6) is 11.5 Å².